The molecule has 1 heteroatoms. The van der Waals surface area contributed by atoms with E-state index in [4.69, 9.17) is 5.73 Å². The molecule has 0 aliphatic heterocycles. The molecule has 2 aliphatic carbocycles. The predicted molar refractivity (Wildman–Crippen MR) is 61.1 cm³/mol. The summed E-state index contributed by atoms with van der Waals surface area (Å²) in [4.78, 5) is 0. The lowest BCUT2D eigenvalue weighted by atomic mass is 9.92. The quantitative estimate of drug-likeness (QED) is 0.734. The maximum absolute atomic E-state index is 5.78. The lowest BCUT2D eigenvalue weighted by Crippen LogP contribution is -2.10. The van der Waals surface area contributed by atoms with Crippen LogP contribution in [-0.2, 0) is 0 Å². The van der Waals surface area contributed by atoms with E-state index in [-0.39, 0.29) is 0 Å². The van der Waals surface area contributed by atoms with Crippen LogP contribution in [-0.4, -0.2) is 6.54 Å². The van der Waals surface area contributed by atoms with Crippen molar-refractivity contribution < 1.29 is 0 Å². The van der Waals surface area contributed by atoms with Gasteiger partial charge in [0.15, 0.2) is 0 Å². The van der Waals surface area contributed by atoms with Crippen molar-refractivity contribution in [2.24, 2.45) is 23.0 Å². The molecule has 0 aromatic heterocycles. The average Bonchev–Trinajstić information content (AvgIpc) is 2.92. The first kappa shape index (κ1) is 10.5. The smallest absolute Gasteiger partial charge is 0.00433 e. The van der Waals surface area contributed by atoms with Gasteiger partial charge < -0.3 is 5.73 Å². The molecule has 2 rings (SSSR count). The molecule has 0 amide bonds. The summed E-state index contributed by atoms with van der Waals surface area (Å²) in [6.07, 6.45) is 11.7. The Morgan fingerprint density at radius 1 is 1.29 bits per heavy atom. The van der Waals surface area contributed by atoms with E-state index in [1.54, 1.807) is 0 Å². The zero-order valence-electron chi connectivity index (χ0n) is 9.60. The van der Waals surface area contributed by atoms with Gasteiger partial charge in [-0.1, -0.05) is 32.6 Å². The normalized spacial score (nSPS) is 42.4. The van der Waals surface area contributed by atoms with Crippen LogP contribution in [0.15, 0.2) is 0 Å². The summed E-state index contributed by atoms with van der Waals surface area (Å²) in [6, 6.07) is 0. The van der Waals surface area contributed by atoms with Crippen molar-refractivity contribution in [2.75, 3.05) is 6.54 Å². The maximum atomic E-state index is 5.78. The Balaban J connectivity index is 1.84. The largest absolute Gasteiger partial charge is 0.330 e. The van der Waals surface area contributed by atoms with Crippen LogP contribution in [0.2, 0.25) is 0 Å². The standard InChI is InChI=1S/C13H25N/c1-2-4-11-5-3-7-13(8-6-11)9-12(13)10-14/h11-12H,2-10,14H2,1H3. The third-order valence-electron chi connectivity index (χ3n) is 4.68. The van der Waals surface area contributed by atoms with Gasteiger partial charge in [0, 0.05) is 0 Å². The highest BCUT2D eigenvalue weighted by Crippen LogP contribution is 2.60. The van der Waals surface area contributed by atoms with Gasteiger partial charge in [-0.05, 0) is 49.5 Å². The molecule has 0 radical (unpaired) electrons. The lowest BCUT2D eigenvalue weighted by Gasteiger charge is -2.14. The molecule has 0 saturated heterocycles. The van der Waals surface area contributed by atoms with E-state index in [0.717, 1.165) is 23.8 Å². The van der Waals surface area contributed by atoms with Gasteiger partial charge in [-0.25, -0.2) is 0 Å². The van der Waals surface area contributed by atoms with Gasteiger partial charge in [0.1, 0.15) is 0 Å². The van der Waals surface area contributed by atoms with E-state index in [1.807, 2.05) is 0 Å². The molecule has 3 atom stereocenters. The Morgan fingerprint density at radius 2 is 2.14 bits per heavy atom. The molecule has 1 spiro atoms. The Labute approximate surface area is 88.4 Å². The number of hydrogen-bond donors (Lipinski definition) is 1. The highest BCUT2D eigenvalue weighted by atomic mass is 14.7. The van der Waals surface area contributed by atoms with E-state index in [9.17, 15) is 0 Å². The van der Waals surface area contributed by atoms with Crippen molar-refractivity contribution in [1.82, 2.24) is 0 Å². The van der Waals surface area contributed by atoms with E-state index in [2.05, 4.69) is 6.92 Å². The summed E-state index contributed by atoms with van der Waals surface area (Å²) in [5.41, 5.74) is 6.52. The summed E-state index contributed by atoms with van der Waals surface area (Å²) in [5, 5.41) is 0. The van der Waals surface area contributed by atoms with Crippen LogP contribution in [0, 0.1) is 17.3 Å². The van der Waals surface area contributed by atoms with Gasteiger partial charge >= 0.3 is 0 Å². The van der Waals surface area contributed by atoms with Gasteiger partial charge in [-0.2, -0.15) is 0 Å². The van der Waals surface area contributed by atoms with Crippen LogP contribution in [0.25, 0.3) is 0 Å². The van der Waals surface area contributed by atoms with Gasteiger partial charge in [-0.15, -0.1) is 0 Å². The molecule has 3 unspecified atom stereocenters. The minimum atomic E-state index is 0.733. The van der Waals surface area contributed by atoms with Crippen molar-refractivity contribution >= 4 is 0 Å². The van der Waals surface area contributed by atoms with E-state index >= 15 is 0 Å². The molecule has 0 aromatic carbocycles. The van der Waals surface area contributed by atoms with Crippen molar-refractivity contribution in [3.8, 4) is 0 Å². The molecule has 0 bridgehead atoms. The Kier molecular flexibility index (Phi) is 3.16. The molecule has 2 N–H and O–H groups in total. The van der Waals surface area contributed by atoms with Crippen LogP contribution < -0.4 is 5.73 Å². The lowest BCUT2D eigenvalue weighted by molar-refractivity contribution is 0.375. The number of hydrogen-bond acceptors (Lipinski definition) is 1. The monoisotopic (exact) mass is 195 g/mol. The van der Waals surface area contributed by atoms with E-state index in [1.165, 1.54) is 51.4 Å². The minimum Gasteiger partial charge on any atom is -0.330 e. The second-order valence-electron chi connectivity index (χ2n) is 5.58. The second-order valence-corrected chi connectivity index (χ2v) is 5.58. The van der Waals surface area contributed by atoms with Gasteiger partial charge in [0.25, 0.3) is 0 Å². The van der Waals surface area contributed by atoms with Crippen LogP contribution in [0.1, 0.15) is 58.3 Å². The van der Waals surface area contributed by atoms with Gasteiger partial charge in [0.2, 0.25) is 0 Å². The Morgan fingerprint density at radius 3 is 2.79 bits per heavy atom. The Bertz CT molecular complexity index is 190. The molecule has 14 heavy (non-hydrogen) atoms. The summed E-state index contributed by atoms with van der Waals surface area (Å²) < 4.78 is 0. The van der Waals surface area contributed by atoms with Crippen LogP contribution in [0.5, 0.6) is 0 Å². The highest BCUT2D eigenvalue weighted by Gasteiger charge is 2.52. The molecular weight excluding hydrogens is 170 g/mol. The minimum absolute atomic E-state index is 0.733. The van der Waals surface area contributed by atoms with Crippen molar-refractivity contribution in [3.63, 3.8) is 0 Å². The summed E-state index contributed by atoms with van der Waals surface area (Å²) in [7, 11) is 0. The van der Waals surface area contributed by atoms with E-state index < -0.39 is 0 Å². The molecule has 2 aliphatic rings. The molecular formula is C13H25N. The van der Waals surface area contributed by atoms with Gasteiger partial charge in [-0.3, -0.25) is 0 Å². The summed E-state index contributed by atoms with van der Waals surface area (Å²) in [5.74, 6) is 1.93. The maximum Gasteiger partial charge on any atom is -0.00433 e. The van der Waals surface area contributed by atoms with Crippen LogP contribution in [0.3, 0.4) is 0 Å². The first-order valence-electron chi connectivity index (χ1n) is 6.51. The molecule has 2 saturated carbocycles. The first-order chi connectivity index (χ1) is 6.80. The predicted octanol–water partition coefficient (Wildman–Crippen LogP) is 3.33. The van der Waals surface area contributed by atoms with Crippen LogP contribution in [0.4, 0.5) is 0 Å². The zero-order valence-corrected chi connectivity index (χ0v) is 9.60. The SMILES string of the molecule is CCCC1CCCC2(CC1)CC2CN. The summed E-state index contributed by atoms with van der Waals surface area (Å²) >= 11 is 0. The van der Waals surface area contributed by atoms with Crippen molar-refractivity contribution in [3.05, 3.63) is 0 Å². The second kappa shape index (κ2) is 4.22. The third kappa shape index (κ3) is 1.98. The average molecular weight is 195 g/mol. The van der Waals surface area contributed by atoms with Crippen molar-refractivity contribution in [2.45, 2.75) is 58.3 Å². The fraction of sp³-hybridized carbons (Fsp3) is 1.00. The summed E-state index contributed by atoms with van der Waals surface area (Å²) in [6.45, 7) is 3.26. The van der Waals surface area contributed by atoms with E-state index in [0.29, 0.717) is 0 Å². The molecule has 82 valence electrons. The highest BCUT2D eigenvalue weighted by molar-refractivity contribution is 5.03. The molecule has 0 aromatic rings. The fourth-order valence-electron chi connectivity index (χ4n) is 3.58. The molecule has 0 heterocycles. The third-order valence-corrected chi connectivity index (χ3v) is 4.68. The zero-order chi connectivity index (χ0) is 10.0. The Hall–Kier alpha value is -0.0400. The number of nitrogens with two attached hydrogens (primary N) is 1. The first-order valence-corrected chi connectivity index (χ1v) is 6.51. The van der Waals surface area contributed by atoms with Gasteiger partial charge in [0.05, 0.1) is 0 Å². The van der Waals surface area contributed by atoms with Crippen LogP contribution >= 0.6 is 0 Å². The topological polar surface area (TPSA) is 26.0 Å². The number of rotatable bonds is 3. The fourth-order valence-corrected chi connectivity index (χ4v) is 3.58. The molecule has 2 fully saturated rings. The molecule has 1 nitrogen and oxygen atoms in total. The van der Waals surface area contributed by atoms with Crippen molar-refractivity contribution in [1.29, 1.82) is 0 Å².